The third-order valence-corrected chi connectivity index (χ3v) is 5.67. The molecule has 1 saturated heterocycles. The van der Waals surface area contributed by atoms with Gasteiger partial charge < -0.3 is 10.2 Å². The van der Waals surface area contributed by atoms with Crippen molar-refractivity contribution in [2.45, 2.75) is 64.5 Å². The first-order chi connectivity index (χ1) is 8.72. The van der Waals surface area contributed by atoms with Crippen LogP contribution >= 0.6 is 0 Å². The van der Waals surface area contributed by atoms with Gasteiger partial charge in [0.05, 0.1) is 0 Å². The topological polar surface area (TPSA) is 15.3 Å². The van der Waals surface area contributed by atoms with Crippen molar-refractivity contribution in [2.24, 2.45) is 17.8 Å². The van der Waals surface area contributed by atoms with E-state index in [2.05, 4.69) is 24.1 Å². The highest BCUT2D eigenvalue weighted by molar-refractivity contribution is 4.90. The Balaban J connectivity index is 1.37. The van der Waals surface area contributed by atoms with Crippen LogP contribution in [0, 0.1) is 17.8 Å². The molecule has 4 unspecified atom stereocenters. The first kappa shape index (κ1) is 12.9. The molecule has 1 N–H and O–H groups in total. The lowest BCUT2D eigenvalue weighted by Gasteiger charge is -2.33. The van der Waals surface area contributed by atoms with E-state index in [1.165, 1.54) is 58.2 Å². The summed E-state index contributed by atoms with van der Waals surface area (Å²) in [7, 11) is 0. The van der Waals surface area contributed by atoms with E-state index in [-0.39, 0.29) is 0 Å². The average molecular weight is 250 g/mol. The molecule has 18 heavy (non-hydrogen) atoms. The van der Waals surface area contributed by atoms with Gasteiger partial charge in [0.15, 0.2) is 0 Å². The Kier molecular flexibility index (Phi) is 3.95. The minimum atomic E-state index is 0.811. The summed E-state index contributed by atoms with van der Waals surface area (Å²) in [6.45, 7) is 8.87. The molecule has 104 valence electrons. The first-order valence-electron chi connectivity index (χ1n) is 8.20. The SMILES string of the molecule is CC1CCC(NCC2CCN(C3CC3)C2)CC1C. The highest BCUT2D eigenvalue weighted by atomic mass is 15.2. The van der Waals surface area contributed by atoms with Gasteiger partial charge in [-0.1, -0.05) is 13.8 Å². The summed E-state index contributed by atoms with van der Waals surface area (Å²) in [4.78, 5) is 2.73. The van der Waals surface area contributed by atoms with E-state index in [0.29, 0.717) is 0 Å². The molecule has 2 aliphatic carbocycles. The third-order valence-electron chi connectivity index (χ3n) is 5.67. The molecular weight excluding hydrogens is 220 g/mol. The highest BCUT2D eigenvalue weighted by Crippen LogP contribution is 2.32. The van der Waals surface area contributed by atoms with Gasteiger partial charge in [-0.15, -0.1) is 0 Å². The number of hydrogen-bond acceptors (Lipinski definition) is 2. The van der Waals surface area contributed by atoms with Gasteiger partial charge in [0, 0.05) is 18.6 Å². The summed E-state index contributed by atoms with van der Waals surface area (Å²) in [5.74, 6) is 2.79. The van der Waals surface area contributed by atoms with Crippen LogP contribution in [0.15, 0.2) is 0 Å². The lowest BCUT2D eigenvalue weighted by molar-refractivity contribution is 0.220. The van der Waals surface area contributed by atoms with Crippen molar-refractivity contribution in [3.63, 3.8) is 0 Å². The maximum absolute atomic E-state index is 3.87. The third kappa shape index (κ3) is 3.08. The minimum Gasteiger partial charge on any atom is -0.314 e. The monoisotopic (exact) mass is 250 g/mol. The molecule has 0 amide bonds. The Hall–Kier alpha value is -0.0800. The lowest BCUT2D eigenvalue weighted by Crippen LogP contribution is -2.39. The summed E-state index contributed by atoms with van der Waals surface area (Å²) >= 11 is 0. The number of nitrogens with one attached hydrogen (secondary N) is 1. The molecule has 2 nitrogen and oxygen atoms in total. The van der Waals surface area contributed by atoms with E-state index >= 15 is 0 Å². The number of likely N-dealkylation sites (tertiary alicyclic amines) is 1. The molecule has 2 saturated carbocycles. The predicted octanol–water partition coefficient (Wildman–Crippen LogP) is 2.89. The molecule has 3 fully saturated rings. The largest absolute Gasteiger partial charge is 0.314 e. The Morgan fingerprint density at radius 3 is 2.56 bits per heavy atom. The second kappa shape index (κ2) is 5.50. The fourth-order valence-corrected chi connectivity index (χ4v) is 3.87. The van der Waals surface area contributed by atoms with Gasteiger partial charge in [-0.25, -0.2) is 0 Å². The molecule has 3 rings (SSSR count). The number of nitrogens with zero attached hydrogens (tertiary/aromatic N) is 1. The molecule has 0 aromatic rings. The summed E-state index contributed by atoms with van der Waals surface area (Å²) in [6, 6.07) is 1.79. The van der Waals surface area contributed by atoms with Crippen molar-refractivity contribution in [2.75, 3.05) is 19.6 Å². The molecule has 3 aliphatic rings. The summed E-state index contributed by atoms with van der Waals surface area (Å²) < 4.78 is 0. The van der Waals surface area contributed by atoms with Crippen LogP contribution in [-0.4, -0.2) is 36.6 Å². The lowest BCUT2D eigenvalue weighted by atomic mass is 9.79. The maximum atomic E-state index is 3.87. The molecule has 0 aromatic heterocycles. The van der Waals surface area contributed by atoms with Crippen molar-refractivity contribution in [1.29, 1.82) is 0 Å². The molecule has 0 spiro atoms. The first-order valence-corrected chi connectivity index (χ1v) is 8.20. The highest BCUT2D eigenvalue weighted by Gasteiger charge is 2.34. The Morgan fingerprint density at radius 1 is 1.00 bits per heavy atom. The van der Waals surface area contributed by atoms with E-state index in [4.69, 9.17) is 0 Å². The van der Waals surface area contributed by atoms with Crippen LogP contribution in [0.3, 0.4) is 0 Å². The second-order valence-electron chi connectivity index (χ2n) is 7.25. The van der Waals surface area contributed by atoms with Gasteiger partial charge in [-0.3, -0.25) is 0 Å². The minimum absolute atomic E-state index is 0.811. The van der Waals surface area contributed by atoms with Crippen molar-refractivity contribution in [3.05, 3.63) is 0 Å². The van der Waals surface area contributed by atoms with Crippen molar-refractivity contribution >= 4 is 0 Å². The van der Waals surface area contributed by atoms with Crippen LogP contribution in [-0.2, 0) is 0 Å². The zero-order valence-corrected chi connectivity index (χ0v) is 12.2. The van der Waals surface area contributed by atoms with Crippen LogP contribution in [0.1, 0.15) is 52.4 Å². The van der Waals surface area contributed by atoms with E-state index in [0.717, 1.165) is 29.8 Å². The maximum Gasteiger partial charge on any atom is 0.00965 e. The van der Waals surface area contributed by atoms with Gasteiger partial charge in [-0.05, 0) is 69.4 Å². The summed E-state index contributed by atoms with van der Waals surface area (Å²) in [5.41, 5.74) is 0. The zero-order valence-electron chi connectivity index (χ0n) is 12.2. The quantitative estimate of drug-likeness (QED) is 0.825. The van der Waals surface area contributed by atoms with Crippen molar-refractivity contribution in [1.82, 2.24) is 10.2 Å². The predicted molar refractivity (Wildman–Crippen MR) is 76.7 cm³/mol. The van der Waals surface area contributed by atoms with Gasteiger partial charge in [0.2, 0.25) is 0 Å². The fraction of sp³-hybridized carbons (Fsp3) is 1.00. The van der Waals surface area contributed by atoms with Crippen LogP contribution in [0.25, 0.3) is 0 Å². The number of hydrogen-bond donors (Lipinski definition) is 1. The van der Waals surface area contributed by atoms with Crippen LogP contribution in [0.4, 0.5) is 0 Å². The molecule has 0 bridgehead atoms. The van der Waals surface area contributed by atoms with E-state index in [1.807, 2.05) is 0 Å². The van der Waals surface area contributed by atoms with Crippen LogP contribution < -0.4 is 5.32 Å². The Morgan fingerprint density at radius 2 is 1.83 bits per heavy atom. The Bertz CT molecular complexity index is 274. The molecule has 4 atom stereocenters. The van der Waals surface area contributed by atoms with Crippen molar-refractivity contribution in [3.8, 4) is 0 Å². The van der Waals surface area contributed by atoms with Gasteiger partial charge >= 0.3 is 0 Å². The molecule has 1 aliphatic heterocycles. The molecular formula is C16H30N2. The van der Waals surface area contributed by atoms with Crippen LogP contribution in [0.5, 0.6) is 0 Å². The average Bonchev–Trinajstić information content (AvgIpc) is 3.11. The fourth-order valence-electron chi connectivity index (χ4n) is 3.87. The number of rotatable bonds is 4. The molecule has 1 heterocycles. The van der Waals surface area contributed by atoms with E-state index in [9.17, 15) is 0 Å². The normalized spacial score (nSPS) is 42.3. The van der Waals surface area contributed by atoms with E-state index in [1.54, 1.807) is 0 Å². The second-order valence-corrected chi connectivity index (χ2v) is 7.25. The van der Waals surface area contributed by atoms with Crippen LogP contribution in [0.2, 0.25) is 0 Å². The molecule has 2 heteroatoms. The zero-order chi connectivity index (χ0) is 12.5. The van der Waals surface area contributed by atoms with E-state index < -0.39 is 0 Å². The van der Waals surface area contributed by atoms with Crippen molar-refractivity contribution < 1.29 is 0 Å². The Labute approximate surface area is 113 Å². The van der Waals surface area contributed by atoms with Gasteiger partial charge in [0.25, 0.3) is 0 Å². The summed E-state index contributed by atoms with van der Waals surface area (Å²) in [5, 5.41) is 3.87. The standard InChI is InChI=1S/C16H30N2/c1-12-3-4-15(9-13(12)2)17-10-14-7-8-18(11-14)16-5-6-16/h12-17H,3-11H2,1-2H3. The smallest absolute Gasteiger partial charge is 0.00965 e. The molecule has 0 radical (unpaired) electrons. The molecule has 0 aromatic carbocycles. The summed E-state index contributed by atoms with van der Waals surface area (Å²) in [6.07, 6.45) is 8.61. The van der Waals surface area contributed by atoms with Gasteiger partial charge in [-0.2, -0.15) is 0 Å². The van der Waals surface area contributed by atoms with Gasteiger partial charge in [0.1, 0.15) is 0 Å².